The Hall–Kier alpha value is -1.73. The summed E-state index contributed by atoms with van der Waals surface area (Å²) in [5.41, 5.74) is -2.65. The molecule has 8 heteroatoms. The maximum atomic E-state index is 12.5. The van der Waals surface area contributed by atoms with Crippen LogP contribution in [-0.4, -0.2) is 9.91 Å². The summed E-state index contributed by atoms with van der Waals surface area (Å²) in [7, 11) is 0. The van der Waals surface area contributed by atoms with E-state index in [2.05, 4.69) is 4.98 Å². The quantitative estimate of drug-likeness (QED) is 0.309. The van der Waals surface area contributed by atoms with Crippen LogP contribution in [0.1, 0.15) is 5.56 Å². The first kappa shape index (κ1) is 10.4. The van der Waals surface area contributed by atoms with Gasteiger partial charge in [-0.3, -0.25) is 10.1 Å². The van der Waals surface area contributed by atoms with E-state index >= 15 is 0 Å². The number of halogens is 4. The molecule has 0 unspecified atom stereocenters. The Morgan fingerprint density at radius 1 is 1.43 bits per heavy atom. The van der Waals surface area contributed by atoms with Crippen LogP contribution in [0.15, 0.2) is 12.3 Å². The Bertz CT molecular complexity index is 377. The predicted octanol–water partition coefficient (Wildman–Crippen LogP) is 2.15. The SMILES string of the molecule is O=[N+]([O-])c1cnc(F)c(C(F)(F)F)c1. The van der Waals surface area contributed by atoms with Crippen molar-refractivity contribution < 1.29 is 22.5 Å². The molecule has 1 aromatic rings. The number of hydrogen-bond donors (Lipinski definition) is 0. The van der Waals surface area contributed by atoms with Crippen molar-refractivity contribution in [3.05, 3.63) is 33.9 Å². The maximum absolute atomic E-state index is 12.5. The zero-order valence-corrected chi connectivity index (χ0v) is 6.38. The molecule has 1 heterocycles. The van der Waals surface area contributed by atoms with Crippen molar-refractivity contribution in [2.75, 3.05) is 0 Å². The molecule has 0 aliphatic heterocycles. The fraction of sp³-hybridized carbons (Fsp3) is 0.167. The maximum Gasteiger partial charge on any atom is 0.421 e. The van der Waals surface area contributed by atoms with E-state index in [0.29, 0.717) is 6.20 Å². The van der Waals surface area contributed by atoms with Crippen molar-refractivity contribution in [1.82, 2.24) is 4.98 Å². The lowest BCUT2D eigenvalue weighted by Gasteiger charge is -2.05. The summed E-state index contributed by atoms with van der Waals surface area (Å²) in [4.78, 5) is 11.6. The van der Waals surface area contributed by atoms with Gasteiger partial charge in [0.2, 0.25) is 5.95 Å². The van der Waals surface area contributed by atoms with E-state index in [9.17, 15) is 27.7 Å². The van der Waals surface area contributed by atoms with Crippen molar-refractivity contribution in [2.24, 2.45) is 0 Å². The van der Waals surface area contributed by atoms with E-state index in [1.807, 2.05) is 0 Å². The van der Waals surface area contributed by atoms with E-state index < -0.39 is 28.3 Å². The van der Waals surface area contributed by atoms with Crippen LogP contribution >= 0.6 is 0 Å². The molecule has 0 aliphatic carbocycles. The molecule has 0 N–H and O–H groups in total. The van der Waals surface area contributed by atoms with Crippen LogP contribution < -0.4 is 0 Å². The third-order valence-corrected chi connectivity index (χ3v) is 1.34. The van der Waals surface area contributed by atoms with Gasteiger partial charge in [0.1, 0.15) is 11.8 Å². The molecule has 0 bridgehead atoms. The van der Waals surface area contributed by atoms with E-state index in [0.717, 1.165) is 0 Å². The number of hydrogen-bond acceptors (Lipinski definition) is 3. The normalized spacial score (nSPS) is 11.4. The molecule has 0 spiro atoms. The number of rotatable bonds is 1. The molecule has 0 aromatic carbocycles. The fourth-order valence-electron chi connectivity index (χ4n) is 0.736. The van der Waals surface area contributed by atoms with E-state index in [4.69, 9.17) is 0 Å². The van der Waals surface area contributed by atoms with E-state index in [1.165, 1.54) is 0 Å². The van der Waals surface area contributed by atoms with Crippen LogP contribution in [0, 0.1) is 16.1 Å². The molecule has 0 saturated heterocycles. The first-order chi connectivity index (χ1) is 6.32. The average molecular weight is 210 g/mol. The number of aromatic nitrogens is 1. The lowest BCUT2D eigenvalue weighted by atomic mass is 10.2. The summed E-state index contributed by atoms with van der Waals surface area (Å²) in [6.45, 7) is 0. The van der Waals surface area contributed by atoms with Crippen LogP contribution in [0.3, 0.4) is 0 Å². The molecule has 0 aliphatic rings. The van der Waals surface area contributed by atoms with Crippen LogP contribution in [0.25, 0.3) is 0 Å². The van der Waals surface area contributed by atoms with Crippen LogP contribution in [0.5, 0.6) is 0 Å². The topological polar surface area (TPSA) is 56.0 Å². The molecule has 0 fully saturated rings. The molecule has 0 atom stereocenters. The third-order valence-electron chi connectivity index (χ3n) is 1.34. The van der Waals surface area contributed by atoms with Crippen LogP contribution in [-0.2, 0) is 6.18 Å². The molecule has 0 radical (unpaired) electrons. The summed E-state index contributed by atoms with van der Waals surface area (Å²) in [5, 5.41) is 10.1. The summed E-state index contributed by atoms with van der Waals surface area (Å²) in [6, 6.07) is 0.0995. The van der Waals surface area contributed by atoms with Crippen molar-refractivity contribution in [3.63, 3.8) is 0 Å². The second-order valence-corrected chi connectivity index (χ2v) is 2.29. The van der Waals surface area contributed by atoms with Gasteiger partial charge in [-0.1, -0.05) is 0 Å². The molecule has 0 amide bonds. The molecule has 1 aromatic heterocycles. The van der Waals surface area contributed by atoms with Gasteiger partial charge in [0.25, 0.3) is 5.69 Å². The van der Waals surface area contributed by atoms with Gasteiger partial charge in [0.15, 0.2) is 0 Å². The van der Waals surface area contributed by atoms with Crippen molar-refractivity contribution in [3.8, 4) is 0 Å². The first-order valence-electron chi connectivity index (χ1n) is 3.19. The van der Waals surface area contributed by atoms with Crippen LogP contribution in [0.4, 0.5) is 23.2 Å². The Balaban J connectivity index is 3.29. The number of alkyl halides is 3. The largest absolute Gasteiger partial charge is 0.421 e. The lowest BCUT2D eigenvalue weighted by Crippen LogP contribution is -2.10. The second-order valence-electron chi connectivity index (χ2n) is 2.29. The molecule has 0 saturated carbocycles. The Morgan fingerprint density at radius 3 is 2.43 bits per heavy atom. The Labute approximate surface area is 74.3 Å². The van der Waals surface area contributed by atoms with Gasteiger partial charge in [0, 0.05) is 6.07 Å². The zero-order chi connectivity index (χ0) is 10.9. The minimum absolute atomic E-state index is 0.0995. The Kier molecular flexibility index (Phi) is 2.37. The van der Waals surface area contributed by atoms with Gasteiger partial charge in [-0.25, -0.2) is 4.98 Å². The minimum Gasteiger partial charge on any atom is -0.258 e. The Morgan fingerprint density at radius 2 is 2.00 bits per heavy atom. The minimum atomic E-state index is -4.98. The summed E-state index contributed by atoms with van der Waals surface area (Å²) in [6.07, 6.45) is -4.56. The van der Waals surface area contributed by atoms with Gasteiger partial charge in [0.05, 0.1) is 4.92 Å². The molecular formula is C6H2F4N2O2. The molecule has 1 rings (SSSR count). The second kappa shape index (κ2) is 3.20. The molecule has 4 nitrogen and oxygen atoms in total. The highest BCUT2D eigenvalue weighted by Crippen LogP contribution is 2.32. The third kappa shape index (κ3) is 1.95. The number of pyridine rings is 1. The highest BCUT2D eigenvalue weighted by Gasteiger charge is 2.36. The highest BCUT2D eigenvalue weighted by atomic mass is 19.4. The standard InChI is InChI=1S/C6H2F4N2O2/c7-5-4(6(8,9)10)1-3(2-11-5)12(13)14/h1-2H. The number of nitro groups is 1. The predicted molar refractivity (Wildman–Crippen MR) is 35.9 cm³/mol. The average Bonchev–Trinajstić information content (AvgIpc) is 2.02. The van der Waals surface area contributed by atoms with Gasteiger partial charge < -0.3 is 0 Å². The van der Waals surface area contributed by atoms with E-state index in [-0.39, 0.29) is 6.07 Å². The van der Waals surface area contributed by atoms with Gasteiger partial charge in [-0.15, -0.1) is 0 Å². The highest BCUT2D eigenvalue weighted by molar-refractivity contribution is 5.32. The smallest absolute Gasteiger partial charge is 0.258 e. The van der Waals surface area contributed by atoms with Crippen molar-refractivity contribution in [1.29, 1.82) is 0 Å². The zero-order valence-electron chi connectivity index (χ0n) is 6.38. The van der Waals surface area contributed by atoms with Gasteiger partial charge in [-0.05, 0) is 0 Å². The van der Waals surface area contributed by atoms with Gasteiger partial charge in [-0.2, -0.15) is 17.6 Å². The molecular weight excluding hydrogens is 208 g/mol. The van der Waals surface area contributed by atoms with E-state index in [1.54, 1.807) is 0 Å². The van der Waals surface area contributed by atoms with Crippen LogP contribution in [0.2, 0.25) is 0 Å². The summed E-state index contributed by atoms with van der Waals surface area (Å²) >= 11 is 0. The van der Waals surface area contributed by atoms with Crippen molar-refractivity contribution in [2.45, 2.75) is 6.18 Å². The summed E-state index contributed by atoms with van der Waals surface area (Å²) in [5.74, 6) is -1.77. The summed E-state index contributed by atoms with van der Waals surface area (Å²) < 4.78 is 48.4. The monoisotopic (exact) mass is 210 g/mol. The first-order valence-corrected chi connectivity index (χ1v) is 3.19. The van der Waals surface area contributed by atoms with Crippen molar-refractivity contribution >= 4 is 5.69 Å². The fourth-order valence-corrected chi connectivity index (χ4v) is 0.736. The molecule has 14 heavy (non-hydrogen) atoms. The van der Waals surface area contributed by atoms with Gasteiger partial charge >= 0.3 is 6.18 Å². The molecule has 76 valence electrons. The lowest BCUT2D eigenvalue weighted by molar-refractivity contribution is -0.385. The number of nitrogens with zero attached hydrogens (tertiary/aromatic N) is 2.